The van der Waals surface area contributed by atoms with Crippen molar-refractivity contribution in [3.05, 3.63) is 41.6 Å². The maximum Gasteiger partial charge on any atom is 0.244 e. The number of hydrogen-bond donors (Lipinski definition) is 0. The minimum Gasteiger partial charge on any atom is -0.307 e. The van der Waals surface area contributed by atoms with Crippen LogP contribution >= 0.6 is 27.5 Å². The number of halogens is 2. The van der Waals surface area contributed by atoms with E-state index in [1.165, 1.54) is 0 Å². The molecule has 6 heteroatoms. The number of alkyl halides is 2. The van der Waals surface area contributed by atoms with Gasteiger partial charge in [0.05, 0.1) is 12.2 Å². The highest BCUT2D eigenvalue weighted by Crippen LogP contribution is 2.34. The number of amides is 1. The van der Waals surface area contributed by atoms with E-state index in [2.05, 4.69) is 33.1 Å². The fourth-order valence-electron chi connectivity index (χ4n) is 2.41. The van der Waals surface area contributed by atoms with Gasteiger partial charge in [-0.1, -0.05) is 41.1 Å². The van der Waals surface area contributed by atoms with Crippen molar-refractivity contribution >= 4 is 39.1 Å². The largest absolute Gasteiger partial charge is 0.307 e. The molecule has 0 fully saturated rings. The molecule has 4 nitrogen and oxygen atoms in total. The van der Waals surface area contributed by atoms with Gasteiger partial charge < -0.3 is 4.90 Å². The highest BCUT2D eigenvalue weighted by atomic mass is 79.9. The molecule has 22 heavy (non-hydrogen) atoms. The molecule has 0 bridgehead atoms. The van der Waals surface area contributed by atoms with Crippen LogP contribution in [0.2, 0.25) is 0 Å². The van der Waals surface area contributed by atoms with E-state index >= 15 is 0 Å². The summed E-state index contributed by atoms with van der Waals surface area (Å²) in [4.78, 5) is 14.3. The van der Waals surface area contributed by atoms with E-state index in [9.17, 15) is 4.79 Å². The number of anilines is 1. The molecule has 2 unspecified atom stereocenters. The van der Waals surface area contributed by atoms with Gasteiger partial charge in [0.15, 0.2) is 4.45 Å². The van der Waals surface area contributed by atoms with Gasteiger partial charge in [0, 0.05) is 5.69 Å². The maximum absolute atomic E-state index is 12.6. The van der Waals surface area contributed by atoms with Gasteiger partial charge in [-0.05, 0) is 38.0 Å². The van der Waals surface area contributed by atoms with Crippen LogP contribution in [0, 0.1) is 0 Å². The minimum atomic E-state index is -0.695. The van der Waals surface area contributed by atoms with Crippen molar-refractivity contribution in [3.8, 4) is 0 Å². The predicted molar refractivity (Wildman–Crippen MR) is 93.8 cm³/mol. The molecule has 0 N–H and O–H groups in total. The molecule has 0 aromatic heterocycles. The summed E-state index contributed by atoms with van der Waals surface area (Å²) in [5.41, 5.74) is 2.79. The molecule has 1 aliphatic rings. The van der Waals surface area contributed by atoms with Gasteiger partial charge in [0.2, 0.25) is 5.91 Å². The lowest BCUT2D eigenvalue weighted by Crippen LogP contribution is -2.43. The van der Waals surface area contributed by atoms with E-state index in [0.29, 0.717) is 6.54 Å². The molecule has 2 atom stereocenters. The van der Waals surface area contributed by atoms with Crippen molar-refractivity contribution in [3.63, 3.8) is 0 Å². The lowest BCUT2D eigenvalue weighted by Gasteiger charge is -2.30. The van der Waals surface area contributed by atoms with Crippen LogP contribution in [0.5, 0.6) is 0 Å². The van der Waals surface area contributed by atoms with Gasteiger partial charge in [-0.2, -0.15) is 10.2 Å². The van der Waals surface area contributed by atoms with Crippen LogP contribution in [-0.2, 0) is 11.2 Å². The van der Waals surface area contributed by atoms with Crippen LogP contribution in [0.25, 0.3) is 0 Å². The normalized spacial score (nSPS) is 21.6. The minimum absolute atomic E-state index is 0.144. The van der Waals surface area contributed by atoms with Crippen molar-refractivity contribution in [1.82, 2.24) is 0 Å². The third-order valence-corrected chi connectivity index (χ3v) is 4.28. The van der Waals surface area contributed by atoms with Gasteiger partial charge in [-0.15, -0.1) is 11.6 Å². The average molecular weight is 385 g/mol. The van der Waals surface area contributed by atoms with Gasteiger partial charge in [0.25, 0.3) is 0 Å². The number of carbonyl (C=O) groups is 1. The Morgan fingerprint density at radius 1 is 1.45 bits per heavy atom. The van der Waals surface area contributed by atoms with Gasteiger partial charge in [0.1, 0.15) is 5.38 Å². The molecular weight excluding hydrogens is 366 g/mol. The third kappa shape index (κ3) is 3.76. The zero-order valence-corrected chi connectivity index (χ0v) is 15.2. The van der Waals surface area contributed by atoms with Crippen molar-refractivity contribution < 1.29 is 4.79 Å². The number of azo groups is 1. The van der Waals surface area contributed by atoms with Crippen LogP contribution in [0.1, 0.15) is 26.3 Å². The quantitative estimate of drug-likeness (QED) is 0.537. The SMILES string of the molecule is CCc1ccccc1N(CC1(Br)C=C(C)N=N1)C(=O)C(C)Cl. The lowest BCUT2D eigenvalue weighted by molar-refractivity contribution is -0.118. The summed E-state index contributed by atoms with van der Waals surface area (Å²) < 4.78 is -0.695. The smallest absolute Gasteiger partial charge is 0.244 e. The summed E-state index contributed by atoms with van der Waals surface area (Å²) in [6.07, 6.45) is 2.74. The van der Waals surface area contributed by atoms with Crippen molar-refractivity contribution in [2.24, 2.45) is 10.2 Å². The standard InChI is InChI=1S/C16H19BrClN3O/c1-4-13-7-5-6-8-14(13)21(15(22)12(3)18)10-16(17)9-11(2)19-20-16/h5-9,12H,4,10H2,1-3H3. The fourth-order valence-corrected chi connectivity index (χ4v) is 3.19. The Morgan fingerprint density at radius 2 is 2.14 bits per heavy atom. The topological polar surface area (TPSA) is 45.0 Å². The van der Waals surface area contributed by atoms with Crippen molar-refractivity contribution in [1.29, 1.82) is 0 Å². The van der Waals surface area contributed by atoms with Crippen LogP contribution in [0.4, 0.5) is 5.69 Å². The number of nitrogens with zero attached hydrogens (tertiary/aromatic N) is 3. The zero-order valence-electron chi connectivity index (χ0n) is 12.9. The van der Waals surface area contributed by atoms with Crippen LogP contribution in [-0.4, -0.2) is 22.3 Å². The highest BCUT2D eigenvalue weighted by molar-refractivity contribution is 9.10. The average Bonchev–Trinajstić information content (AvgIpc) is 2.83. The second-order valence-corrected chi connectivity index (χ2v) is 7.35. The van der Waals surface area contributed by atoms with E-state index < -0.39 is 9.83 Å². The van der Waals surface area contributed by atoms with Gasteiger partial charge in [-0.25, -0.2) is 0 Å². The first-order valence-electron chi connectivity index (χ1n) is 7.21. The summed E-state index contributed by atoms with van der Waals surface area (Å²) in [6, 6.07) is 7.85. The number of allylic oxidation sites excluding steroid dienone is 1. The van der Waals surface area contributed by atoms with Crippen molar-refractivity contribution in [2.45, 2.75) is 37.0 Å². The highest BCUT2D eigenvalue weighted by Gasteiger charge is 2.34. The van der Waals surface area contributed by atoms with E-state index in [-0.39, 0.29) is 5.91 Å². The summed E-state index contributed by atoms with van der Waals surface area (Å²) in [7, 11) is 0. The lowest BCUT2D eigenvalue weighted by atomic mass is 10.1. The van der Waals surface area contributed by atoms with E-state index in [0.717, 1.165) is 23.4 Å². The Hall–Kier alpha value is -1.20. The van der Waals surface area contributed by atoms with Crippen molar-refractivity contribution in [2.75, 3.05) is 11.4 Å². The first-order chi connectivity index (χ1) is 10.4. The monoisotopic (exact) mass is 383 g/mol. The molecule has 0 aliphatic carbocycles. The van der Waals surface area contributed by atoms with E-state index in [1.54, 1.807) is 11.8 Å². The zero-order chi connectivity index (χ0) is 16.3. The molecule has 0 radical (unpaired) electrons. The molecule has 1 aliphatic heterocycles. The molecule has 0 saturated carbocycles. The molecule has 2 rings (SSSR count). The molecular formula is C16H19BrClN3O. The van der Waals surface area contributed by atoms with Crippen LogP contribution < -0.4 is 4.90 Å². The second kappa shape index (κ2) is 6.92. The predicted octanol–water partition coefficient (Wildman–Crippen LogP) is 4.67. The summed E-state index contributed by atoms with van der Waals surface area (Å²) >= 11 is 9.63. The molecule has 118 valence electrons. The number of rotatable bonds is 5. The molecule has 0 spiro atoms. The number of aryl methyl sites for hydroxylation is 1. The Bertz CT molecular complexity index is 630. The number of hydrogen-bond acceptors (Lipinski definition) is 3. The second-order valence-electron chi connectivity index (χ2n) is 5.33. The Labute approximate surface area is 144 Å². The molecule has 0 saturated heterocycles. The summed E-state index contributed by atoms with van der Waals surface area (Å²) in [5.74, 6) is -0.144. The summed E-state index contributed by atoms with van der Waals surface area (Å²) in [5, 5.41) is 7.67. The van der Waals surface area contributed by atoms with Crippen LogP contribution in [0.15, 0.2) is 46.3 Å². The number of benzene rings is 1. The van der Waals surface area contributed by atoms with E-state index in [1.807, 2.05) is 37.3 Å². The Balaban J connectivity index is 2.40. The molecule has 1 aromatic rings. The molecule has 1 aromatic carbocycles. The van der Waals surface area contributed by atoms with Gasteiger partial charge in [-0.3, -0.25) is 4.79 Å². The van der Waals surface area contributed by atoms with Gasteiger partial charge >= 0.3 is 0 Å². The van der Waals surface area contributed by atoms with Crippen LogP contribution in [0.3, 0.4) is 0 Å². The fraction of sp³-hybridized carbons (Fsp3) is 0.438. The third-order valence-electron chi connectivity index (χ3n) is 3.45. The Kier molecular flexibility index (Phi) is 5.40. The number of carbonyl (C=O) groups excluding carboxylic acids is 1. The molecule has 1 amide bonds. The Morgan fingerprint density at radius 3 is 2.68 bits per heavy atom. The first-order valence-corrected chi connectivity index (χ1v) is 8.44. The first kappa shape index (κ1) is 17.2. The molecule has 1 heterocycles. The van der Waals surface area contributed by atoms with E-state index in [4.69, 9.17) is 11.6 Å². The summed E-state index contributed by atoms with van der Waals surface area (Å²) in [6.45, 7) is 5.97. The number of para-hydroxylation sites is 1. The maximum atomic E-state index is 12.6.